The lowest BCUT2D eigenvalue weighted by Crippen LogP contribution is -2.29. The largest absolute Gasteiger partial charge is 0.481 e. The van der Waals surface area contributed by atoms with E-state index in [0.717, 1.165) is 71.9 Å². The molecule has 0 amide bonds. The molecule has 0 aliphatic heterocycles. The van der Waals surface area contributed by atoms with Gasteiger partial charge < -0.3 is 28.8 Å². The zero-order valence-corrected chi connectivity index (χ0v) is 35.2. The van der Waals surface area contributed by atoms with Crippen LogP contribution in [0.4, 0.5) is 0 Å². The summed E-state index contributed by atoms with van der Waals surface area (Å²) in [5.74, 6) is 1.46. The van der Waals surface area contributed by atoms with Crippen molar-refractivity contribution in [3.05, 3.63) is 85.2 Å². The standard InChI is InChI=1S/C24H28N4O4.C22H24N4O4/c1-3-30-23(29)18-9-12-20(13-10-18)32-21-14-11-19(15-25-21)16-5-7-17(8-6-16)22-26-24(28-27-22)31-4-2;1-2-29-22-24-20(25-26-22)15-5-3-14(4-6-15)17-9-12-19(23-13-17)30-18-10-7-16(8-11-18)21(27)28/h5-8,11,14-15,18,20H,3-4,9-10,12-13H2,1-2H3,(H,26,27,28);3-6,9,12-13,16,18H,2,7-8,10-11H2,1H3,(H,27,28)(H,24,25,26). The predicted molar refractivity (Wildman–Crippen MR) is 229 cm³/mol. The Morgan fingerprint density at radius 3 is 1.32 bits per heavy atom. The number of carbonyl (C=O) groups is 2. The third-order valence-electron chi connectivity index (χ3n) is 10.8. The number of hydrogen-bond donors (Lipinski definition) is 3. The average molecular weight is 845 g/mol. The Morgan fingerprint density at radius 2 is 0.952 bits per heavy atom. The van der Waals surface area contributed by atoms with Gasteiger partial charge in [-0.3, -0.25) is 19.8 Å². The molecule has 2 fully saturated rings. The maximum atomic E-state index is 11.9. The van der Waals surface area contributed by atoms with Gasteiger partial charge in [0.05, 0.1) is 31.7 Å². The van der Waals surface area contributed by atoms with Gasteiger partial charge in [-0.1, -0.05) is 48.5 Å². The van der Waals surface area contributed by atoms with Crippen LogP contribution in [0.15, 0.2) is 85.2 Å². The van der Waals surface area contributed by atoms with Gasteiger partial charge in [-0.2, -0.15) is 9.97 Å². The quantitative estimate of drug-likeness (QED) is 0.0830. The number of benzene rings is 2. The number of aromatic nitrogens is 8. The average Bonchev–Trinajstić information content (AvgIpc) is 3.99. The summed E-state index contributed by atoms with van der Waals surface area (Å²) in [6.07, 6.45) is 9.78. The minimum absolute atomic E-state index is 0.00387. The number of rotatable bonds is 15. The molecule has 62 heavy (non-hydrogen) atoms. The van der Waals surface area contributed by atoms with Crippen LogP contribution in [-0.2, 0) is 14.3 Å². The summed E-state index contributed by atoms with van der Waals surface area (Å²) < 4.78 is 27.7. The molecule has 6 aromatic rings. The minimum Gasteiger partial charge on any atom is -0.481 e. The van der Waals surface area contributed by atoms with Gasteiger partial charge >= 0.3 is 24.0 Å². The highest BCUT2D eigenvalue weighted by atomic mass is 16.5. The predicted octanol–water partition coefficient (Wildman–Crippen LogP) is 8.39. The number of nitrogens with zero attached hydrogens (tertiary/aromatic N) is 6. The first-order chi connectivity index (χ1) is 30.3. The van der Waals surface area contributed by atoms with Crippen molar-refractivity contribution in [3.8, 4) is 68.8 Å². The van der Waals surface area contributed by atoms with Crippen molar-refractivity contribution in [2.24, 2.45) is 11.8 Å². The molecule has 0 unspecified atom stereocenters. The van der Waals surface area contributed by atoms with E-state index in [0.29, 0.717) is 68.1 Å². The van der Waals surface area contributed by atoms with Crippen molar-refractivity contribution >= 4 is 11.9 Å². The molecule has 8 rings (SSSR count). The number of carbonyl (C=O) groups excluding carboxylic acids is 1. The van der Waals surface area contributed by atoms with Crippen molar-refractivity contribution in [1.29, 1.82) is 0 Å². The van der Waals surface area contributed by atoms with Crippen LogP contribution in [-0.4, -0.2) is 89.4 Å². The van der Waals surface area contributed by atoms with Gasteiger partial charge in [-0.15, -0.1) is 10.2 Å². The zero-order valence-electron chi connectivity index (χ0n) is 35.2. The Bertz CT molecular complexity index is 2320. The summed E-state index contributed by atoms with van der Waals surface area (Å²) >= 11 is 0. The number of pyridine rings is 2. The van der Waals surface area contributed by atoms with Crippen molar-refractivity contribution in [3.63, 3.8) is 0 Å². The molecule has 3 N–H and O–H groups in total. The fourth-order valence-corrected chi connectivity index (χ4v) is 7.47. The van der Waals surface area contributed by atoms with E-state index in [1.165, 1.54) is 0 Å². The van der Waals surface area contributed by atoms with Crippen LogP contribution >= 0.6 is 0 Å². The van der Waals surface area contributed by atoms with Crippen LogP contribution in [0.3, 0.4) is 0 Å². The van der Waals surface area contributed by atoms with Crippen LogP contribution in [0.1, 0.15) is 72.1 Å². The molecule has 4 aromatic heterocycles. The molecule has 16 nitrogen and oxygen atoms in total. The van der Waals surface area contributed by atoms with E-state index in [-0.39, 0.29) is 30.0 Å². The zero-order chi connectivity index (χ0) is 43.3. The van der Waals surface area contributed by atoms with Gasteiger partial charge in [0.15, 0.2) is 11.6 Å². The second kappa shape index (κ2) is 21.1. The van der Waals surface area contributed by atoms with Crippen LogP contribution in [0, 0.1) is 11.8 Å². The van der Waals surface area contributed by atoms with E-state index in [4.69, 9.17) is 28.8 Å². The number of aliphatic carboxylic acids is 1. The molecule has 0 radical (unpaired) electrons. The Hall–Kier alpha value is -6.84. The summed E-state index contributed by atoms with van der Waals surface area (Å²) in [6.45, 7) is 7.10. The van der Waals surface area contributed by atoms with Crippen molar-refractivity contribution in [2.45, 2.75) is 84.3 Å². The van der Waals surface area contributed by atoms with Crippen LogP contribution in [0.5, 0.6) is 23.8 Å². The van der Waals surface area contributed by atoms with Crippen LogP contribution < -0.4 is 18.9 Å². The van der Waals surface area contributed by atoms with E-state index in [2.05, 4.69) is 40.3 Å². The molecule has 4 heterocycles. The molecule has 0 spiro atoms. The van der Waals surface area contributed by atoms with E-state index in [9.17, 15) is 9.59 Å². The SMILES string of the molecule is CCOC(=O)C1CCC(Oc2ccc(-c3ccc(-c4nc(OCC)n[nH]4)cc3)cn2)CC1.CCOc1n[nH]c(-c2ccc(-c3ccc(OC4CCC(C(=O)O)CC4)nc3)cc2)n1. The highest BCUT2D eigenvalue weighted by molar-refractivity contribution is 5.72. The second-order valence-corrected chi connectivity index (χ2v) is 15.0. The molecular weight excluding hydrogens is 793 g/mol. The fraction of sp³-hybridized carbons (Fsp3) is 0.391. The molecule has 2 aliphatic rings. The Balaban J connectivity index is 0.000000187. The van der Waals surface area contributed by atoms with Crippen molar-refractivity contribution < 1.29 is 38.4 Å². The second-order valence-electron chi connectivity index (χ2n) is 15.0. The van der Waals surface area contributed by atoms with Gasteiger partial charge in [-0.25, -0.2) is 9.97 Å². The molecule has 324 valence electrons. The van der Waals surface area contributed by atoms with Gasteiger partial charge in [0.25, 0.3) is 0 Å². The van der Waals surface area contributed by atoms with E-state index >= 15 is 0 Å². The Labute approximate surface area is 359 Å². The maximum absolute atomic E-state index is 11.9. The van der Waals surface area contributed by atoms with E-state index < -0.39 is 5.97 Å². The summed E-state index contributed by atoms with van der Waals surface area (Å²) in [7, 11) is 0. The Morgan fingerprint density at radius 1 is 0.548 bits per heavy atom. The van der Waals surface area contributed by atoms with Gasteiger partial charge in [-0.05, 0) is 95.4 Å². The maximum Gasteiger partial charge on any atom is 0.335 e. The van der Waals surface area contributed by atoms with Crippen molar-refractivity contribution in [2.75, 3.05) is 19.8 Å². The molecule has 2 aromatic carbocycles. The number of hydrogen-bond acceptors (Lipinski definition) is 13. The molecule has 0 atom stereocenters. The Kier molecular flexibility index (Phi) is 14.7. The number of ether oxygens (including phenoxy) is 5. The first kappa shape index (κ1) is 43.3. The minimum atomic E-state index is -0.708. The van der Waals surface area contributed by atoms with Crippen molar-refractivity contribution in [1.82, 2.24) is 40.3 Å². The third-order valence-corrected chi connectivity index (χ3v) is 10.8. The van der Waals surface area contributed by atoms with Crippen LogP contribution in [0.2, 0.25) is 0 Å². The monoisotopic (exact) mass is 844 g/mol. The molecular formula is C46H52N8O8. The van der Waals surface area contributed by atoms with Gasteiger partial charge in [0.1, 0.15) is 12.2 Å². The highest BCUT2D eigenvalue weighted by Crippen LogP contribution is 2.31. The number of esters is 1. The number of carboxylic acid groups (broad SMARTS) is 1. The fourth-order valence-electron chi connectivity index (χ4n) is 7.47. The third kappa shape index (κ3) is 11.5. The lowest BCUT2D eigenvalue weighted by atomic mass is 9.87. The molecule has 2 aliphatic carbocycles. The number of H-pyrrole nitrogens is 2. The van der Waals surface area contributed by atoms with Gasteiger partial charge in [0, 0.05) is 46.8 Å². The normalized spacial score (nSPS) is 18.4. The molecule has 2 saturated carbocycles. The van der Waals surface area contributed by atoms with Gasteiger partial charge in [0.2, 0.25) is 11.8 Å². The first-order valence-corrected chi connectivity index (χ1v) is 21.2. The summed E-state index contributed by atoms with van der Waals surface area (Å²) in [6, 6.07) is 24.4. The summed E-state index contributed by atoms with van der Waals surface area (Å²) in [5, 5.41) is 22.9. The highest BCUT2D eigenvalue weighted by Gasteiger charge is 2.29. The summed E-state index contributed by atoms with van der Waals surface area (Å²) in [4.78, 5) is 40.5. The van der Waals surface area contributed by atoms with Crippen LogP contribution in [0.25, 0.3) is 45.0 Å². The number of aromatic amines is 2. The van der Waals surface area contributed by atoms with E-state index in [1.807, 2.05) is 99.8 Å². The molecule has 0 saturated heterocycles. The summed E-state index contributed by atoms with van der Waals surface area (Å²) in [5.41, 5.74) is 5.91. The molecule has 0 bridgehead atoms. The lowest BCUT2D eigenvalue weighted by molar-refractivity contribution is -0.149. The molecule has 16 heteroatoms. The topological polar surface area (TPSA) is 209 Å². The van der Waals surface area contributed by atoms with E-state index in [1.54, 1.807) is 6.20 Å². The smallest absolute Gasteiger partial charge is 0.335 e. The number of nitrogens with one attached hydrogen (secondary N) is 2. The number of carboxylic acids is 1. The lowest BCUT2D eigenvalue weighted by Gasteiger charge is -2.27. The first-order valence-electron chi connectivity index (χ1n) is 21.2.